The smallest absolute Gasteiger partial charge is 0.256 e. The molecule has 0 aliphatic carbocycles. The number of aliphatic hydroxyl groups is 1. The second-order valence-electron chi connectivity index (χ2n) is 2.84. The van der Waals surface area contributed by atoms with E-state index in [1.54, 1.807) is 0 Å². The molecule has 2 unspecified atom stereocenters. The molecule has 0 bridgehead atoms. The molecule has 0 radical (unpaired) electrons. The number of ether oxygens (including phenoxy) is 1. The van der Waals surface area contributed by atoms with E-state index >= 15 is 0 Å². The second kappa shape index (κ2) is 5.04. The number of aliphatic hydroxyl groups excluding tert-OH is 1. The predicted octanol–water partition coefficient (Wildman–Crippen LogP) is 0.159. The van der Waals surface area contributed by atoms with Gasteiger partial charge in [0.05, 0.1) is 0 Å². The summed E-state index contributed by atoms with van der Waals surface area (Å²) < 4.78 is 10.1. The summed E-state index contributed by atoms with van der Waals surface area (Å²) in [6.07, 6.45) is -1.13. The van der Waals surface area contributed by atoms with Crippen LogP contribution in [0.4, 0.5) is 0 Å². The molecule has 0 aliphatic heterocycles. The SMILES string of the molecule is CCOC(C)c1noc(C(O)CN)n1. The molecule has 3 N–H and O–H groups in total. The monoisotopic (exact) mass is 201 g/mol. The van der Waals surface area contributed by atoms with E-state index in [0.717, 1.165) is 0 Å². The Balaban J connectivity index is 2.67. The zero-order valence-electron chi connectivity index (χ0n) is 8.30. The lowest BCUT2D eigenvalue weighted by Crippen LogP contribution is -2.12. The van der Waals surface area contributed by atoms with Crippen LogP contribution in [0, 0.1) is 0 Å². The van der Waals surface area contributed by atoms with Crippen molar-refractivity contribution in [2.24, 2.45) is 5.73 Å². The topological polar surface area (TPSA) is 94.4 Å². The highest BCUT2D eigenvalue weighted by Crippen LogP contribution is 2.15. The minimum absolute atomic E-state index is 0.0602. The van der Waals surface area contributed by atoms with Crippen molar-refractivity contribution in [1.82, 2.24) is 10.1 Å². The van der Waals surface area contributed by atoms with Crippen molar-refractivity contribution in [3.8, 4) is 0 Å². The van der Waals surface area contributed by atoms with Crippen LogP contribution in [0.15, 0.2) is 4.52 Å². The van der Waals surface area contributed by atoms with E-state index in [-0.39, 0.29) is 18.5 Å². The zero-order valence-corrected chi connectivity index (χ0v) is 8.30. The number of nitrogens with two attached hydrogens (primary N) is 1. The summed E-state index contributed by atoms with van der Waals surface area (Å²) in [5.74, 6) is 0.559. The Kier molecular flexibility index (Phi) is 3.99. The highest BCUT2D eigenvalue weighted by atomic mass is 16.5. The van der Waals surface area contributed by atoms with Crippen LogP contribution in [0.25, 0.3) is 0 Å². The number of nitrogens with zero attached hydrogens (tertiary/aromatic N) is 2. The first kappa shape index (κ1) is 11.1. The van der Waals surface area contributed by atoms with Crippen molar-refractivity contribution in [2.45, 2.75) is 26.1 Å². The quantitative estimate of drug-likeness (QED) is 0.704. The van der Waals surface area contributed by atoms with Crippen LogP contribution in [0.1, 0.15) is 37.8 Å². The molecule has 6 nitrogen and oxygen atoms in total. The van der Waals surface area contributed by atoms with E-state index in [9.17, 15) is 5.11 Å². The van der Waals surface area contributed by atoms with Gasteiger partial charge in [-0.3, -0.25) is 0 Å². The first-order valence-electron chi connectivity index (χ1n) is 4.52. The molecular weight excluding hydrogens is 186 g/mol. The molecule has 1 aromatic rings. The van der Waals surface area contributed by atoms with Gasteiger partial charge in [0, 0.05) is 13.2 Å². The second-order valence-corrected chi connectivity index (χ2v) is 2.84. The number of aromatic nitrogens is 2. The summed E-state index contributed by atoms with van der Waals surface area (Å²) in [6, 6.07) is 0. The molecular formula is C8H15N3O3. The third kappa shape index (κ3) is 2.50. The van der Waals surface area contributed by atoms with Gasteiger partial charge in [-0.1, -0.05) is 5.16 Å². The van der Waals surface area contributed by atoms with Crippen molar-refractivity contribution in [3.63, 3.8) is 0 Å². The zero-order chi connectivity index (χ0) is 10.6. The largest absolute Gasteiger partial charge is 0.382 e. The number of hydrogen-bond donors (Lipinski definition) is 2. The lowest BCUT2D eigenvalue weighted by Gasteiger charge is -2.05. The molecule has 0 saturated heterocycles. The van der Waals surface area contributed by atoms with Crippen molar-refractivity contribution in [2.75, 3.05) is 13.2 Å². The maximum absolute atomic E-state index is 9.29. The molecule has 0 fully saturated rings. The molecule has 0 aliphatic rings. The molecule has 6 heteroatoms. The van der Waals surface area contributed by atoms with E-state index in [0.29, 0.717) is 12.4 Å². The number of hydrogen-bond acceptors (Lipinski definition) is 6. The summed E-state index contributed by atoms with van der Waals surface area (Å²) in [5.41, 5.74) is 5.24. The molecule has 1 heterocycles. The Hall–Kier alpha value is -0.980. The van der Waals surface area contributed by atoms with Gasteiger partial charge in [0.1, 0.15) is 12.2 Å². The summed E-state index contributed by atoms with van der Waals surface area (Å²) in [4.78, 5) is 3.97. The molecule has 1 aromatic heterocycles. The van der Waals surface area contributed by atoms with Gasteiger partial charge in [0.2, 0.25) is 0 Å². The van der Waals surface area contributed by atoms with Crippen LogP contribution >= 0.6 is 0 Å². The van der Waals surface area contributed by atoms with Crippen LogP contribution < -0.4 is 5.73 Å². The van der Waals surface area contributed by atoms with Gasteiger partial charge < -0.3 is 20.1 Å². The summed E-state index contributed by atoms with van der Waals surface area (Å²) in [6.45, 7) is 4.33. The molecule has 1 rings (SSSR count). The van der Waals surface area contributed by atoms with Gasteiger partial charge in [-0.2, -0.15) is 4.98 Å². The van der Waals surface area contributed by atoms with E-state index in [4.69, 9.17) is 15.0 Å². The highest BCUT2D eigenvalue weighted by Gasteiger charge is 2.17. The van der Waals surface area contributed by atoms with E-state index in [1.165, 1.54) is 0 Å². The summed E-state index contributed by atoms with van der Waals surface area (Å²) in [7, 11) is 0. The molecule has 14 heavy (non-hydrogen) atoms. The minimum atomic E-state index is -0.898. The van der Waals surface area contributed by atoms with Crippen LogP contribution in [0.3, 0.4) is 0 Å². The highest BCUT2D eigenvalue weighted by molar-refractivity contribution is 4.92. The third-order valence-electron chi connectivity index (χ3n) is 1.75. The predicted molar refractivity (Wildman–Crippen MR) is 48.4 cm³/mol. The lowest BCUT2D eigenvalue weighted by atomic mass is 10.3. The molecule has 0 spiro atoms. The Labute approximate surface area is 82.1 Å². The normalized spacial score (nSPS) is 15.4. The van der Waals surface area contributed by atoms with E-state index < -0.39 is 6.10 Å². The average Bonchev–Trinajstić information content (AvgIpc) is 2.66. The van der Waals surface area contributed by atoms with Gasteiger partial charge >= 0.3 is 0 Å². The fourth-order valence-electron chi connectivity index (χ4n) is 0.973. The first-order chi connectivity index (χ1) is 6.69. The molecule has 2 atom stereocenters. The van der Waals surface area contributed by atoms with Crippen molar-refractivity contribution in [1.29, 1.82) is 0 Å². The van der Waals surface area contributed by atoms with Crippen molar-refractivity contribution < 1.29 is 14.4 Å². The van der Waals surface area contributed by atoms with E-state index in [2.05, 4.69) is 10.1 Å². The maximum atomic E-state index is 9.29. The van der Waals surface area contributed by atoms with Crippen LogP contribution in [-0.2, 0) is 4.74 Å². The van der Waals surface area contributed by atoms with Crippen LogP contribution in [0.5, 0.6) is 0 Å². The Bertz CT molecular complexity index is 277. The fourth-order valence-corrected chi connectivity index (χ4v) is 0.973. The summed E-state index contributed by atoms with van der Waals surface area (Å²) >= 11 is 0. The Morgan fingerprint density at radius 1 is 1.64 bits per heavy atom. The molecule has 80 valence electrons. The molecule has 0 amide bonds. The van der Waals surface area contributed by atoms with Gasteiger partial charge in [-0.05, 0) is 13.8 Å². The summed E-state index contributed by atoms with van der Waals surface area (Å²) in [5, 5.41) is 13.0. The Morgan fingerprint density at radius 3 is 2.93 bits per heavy atom. The first-order valence-corrected chi connectivity index (χ1v) is 4.52. The van der Waals surface area contributed by atoms with Gasteiger partial charge in [-0.25, -0.2) is 0 Å². The number of rotatable bonds is 5. The van der Waals surface area contributed by atoms with Crippen LogP contribution in [-0.4, -0.2) is 28.4 Å². The van der Waals surface area contributed by atoms with E-state index in [1.807, 2.05) is 13.8 Å². The van der Waals surface area contributed by atoms with Gasteiger partial charge in [0.15, 0.2) is 5.82 Å². The average molecular weight is 201 g/mol. The maximum Gasteiger partial charge on any atom is 0.256 e. The fraction of sp³-hybridized carbons (Fsp3) is 0.750. The van der Waals surface area contributed by atoms with Crippen LogP contribution in [0.2, 0.25) is 0 Å². The minimum Gasteiger partial charge on any atom is -0.382 e. The standard InChI is InChI=1S/C8H15N3O3/c1-3-13-5(2)7-10-8(14-11-7)6(12)4-9/h5-6,12H,3-4,9H2,1-2H3. The van der Waals surface area contributed by atoms with Crippen molar-refractivity contribution >= 4 is 0 Å². The van der Waals surface area contributed by atoms with Crippen molar-refractivity contribution in [3.05, 3.63) is 11.7 Å². The lowest BCUT2D eigenvalue weighted by molar-refractivity contribution is 0.0682. The Morgan fingerprint density at radius 2 is 2.36 bits per heavy atom. The van der Waals surface area contributed by atoms with Gasteiger partial charge in [-0.15, -0.1) is 0 Å². The molecule has 0 saturated carbocycles. The van der Waals surface area contributed by atoms with Gasteiger partial charge in [0.25, 0.3) is 5.89 Å². The molecule has 0 aromatic carbocycles. The third-order valence-corrected chi connectivity index (χ3v) is 1.75.